The van der Waals surface area contributed by atoms with Gasteiger partial charge in [-0.2, -0.15) is 0 Å². The Morgan fingerprint density at radius 1 is 0.429 bits per heavy atom. The second-order valence-electron chi connectivity index (χ2n) is 21.5. The van der Waals surface area contributed by atoms with Crippen molar-refractivity contribution in [1.29, 1.82) is 0 Å². The zero-order valence-corrected chi connectivity index (χ0v) is 46.0. The number of aromatic nitrogens is 2. The molecule has 13 heteroatoms. The first-order chi connectivity index (χ1) is 36.3. The summed E-state index contributed by atoms with van der Waals surface area (Å²) in [6.45, 7) is 18.3. The minimum atomic E-state index is -0.582. The molecule has 77 heavy (non-hydrogen) atoms. The van der Waals surface area contributed by atoms with Gasteiger partial charge < -0.3 is 13.9 Å². The summed E-state index contributed by atoms with van der Waals surface area (Å²) in [5.74, 6) is -1.18. The van der Waals surface area contributed by atoms with E-state index in [1.165, 1.54) is 24.3 Å². The van der Waals surface area contributed by atoms with E-state index in [1.54, 1.807) is 72.8 Å². The molecule has 0 aliphatic carbocycles. The molecule has 7 nitrogen and oxygen atoms in total. The van der Waals surface area contributed by atoms with Gasteiger partial charge in [-0.3, -0.25) is 0 Å². The maximum atomic E-state index is 14.7. The van der Waals surface area contributed by atoms with E-state index in [2.05, 4.69) is 30.7 Å². The number of phenolic OH excluding ortho intramolecular Hbond substituents is 1. The Kier molecular flexibility index (Phi) is 16.1. The Hall–Kier alpha value is -7.50. The van der Waals surface area contributed by atoms with Gasteiger partial charge in [0.25, 0.3) is 0 Å². The van der Waals surface area contributed by atoms with Crippen molar-refractivity contribution in [2.75, 3.05) is 0 Å². The molecule has 0 unspecified atom stereocenters. The molecule has 0 radical (unpaired) electrons. The number of aromatic hydroxyl groups is 1. The summed E-state index contributed by atoms with van der Waals surface area (Å²) in [5, 5.41) is 10.7. The third-order valence-corrected chi connectivity index (χ3v) is 13.6. The highest BCUT2D eigenvalue weighted by Gasteiger charge is 2.26. The average Bonchev–Trinajstić information content (AvgIpc) is 3.42. The fraction of sp³-hybridized carbons (Fsp3) is 0.188. The standard InChI is InChI=1S/2C24H19ClFNO2.C16H16ClFO/c1-24(2,3)15-12-16(20-17(25)10-7-11-18(20)26)22-19(13-15)27-21(23(28)29-22)14-8-5-4-6-9-14;1-24(2,3)16-12-15(20-17(25)10-7-11-18(20)26)13-19-22(16)29-23(28)21(27-19)14-8-5-4-6-9-14;1-16(2,3)11-7-10(8-12(19)9-11)15-13(17)5-4-6-14(15)18/h2*4-13H,1-3H3;4-9,19H,1-3H3. The molecule has 10 aromatic rings. The Balaban J connectivity index is 0.000000157. The molecule has 10 rings (SSSR count). The third-order valence-electron chi connectivity index (χ3n) is 12.7. The fourth-order valence-electron chi connectivity index (χ4n) is 8.59. The van der Waals surface area contributed by atoms with E-state index >= 15 is 0 Å². The van der Waals surface area contributed by atoms with Gasteiger partial charge in [0.05, 0.1) is 15.1 Å². The van der Waals surface area contributed by atoms with Gasteiger partial charge in [0, 0.05) is 38.9 Å². The molecule has 0 saturated heterocycles. The second kappa shape index (κ2) is 22.2. The molecule has 0 aliphatic rings. The molecule has 8 aromatic carbocycles. The van der Waals surface area contributed by atoms with Gasteiger partial charge in [-0.15, -0.1) is 0 Å². The highest BCUT2D eigenvalue weighted by atomic mass is 35.5. The predicted molar refractivity (Wildman–Crippen MR) is 307 cm³/mol. The first-order valence-corrected chi connectivity index (χ1v) is 25.7. The third kappa shape index (κ3) is 12.4. The minimum Gasteiger partial charge on any atom is -0.508 e. The topological polar surface area (TPSA) is 106 Å². The van der Waals surface area contributed by atoms with Crippen LogP contribution in [-0.2, 0) is 16.2 Å². The maximum absolute atomic E-state index is 14.7. The Labute approximate surface area is 459 Å². The lowest BCUT2D eigenvalue weighted by atomic mass is 9.84. The normalized spacial score (nSPS) is 11.7. The molecule has 0 bridgehead atoms. The van der Waals surface area contributed by atoms with E-state index in [-0.39, 0.29) is 49.6 Å². The molecule has 392 valence electrons. The van der Waals surface area contributed by atoms with Crippen LogP contribution < -0.4 is 11.3 Å². The van der Waals surface area contributed by atoms with Crippen molar-refractivity contribution in [3.63, 3.8) is 0 Å². The molecule has 0 fully saturated rings. The number of benzene rings is 8. The van der Waals surface area contributed by atoms with Crippen molar-refractivity contribution in [3.05, 3.63) is 228 Å². The van der Waals surface area contributed by atoms with Crippen LogP contribution in [0.5, 0.6) is 5.75 Å². The van der Waals surface area contributed by atoms with Crippen LogP contribution in [0.1, 0.15) is 79.0 Å². The lowest BCUT2D eigenvalue weighted by Gasteiger charge is -2.21. The summed E-state index contributed by atoms with van der Waals surface area (Å²) < 4.78 is 54.6. The summed E-state index contributed by atoms with van der Waals surface area (Å²) in [5.41, 5.74) is 6.55. The molecule has 2 aromatic heterocycles. The fourth-order valence-corrected chi connectivity index (χ4v) is 9.40. The molecule has 0 atom stereocenters. The van der Waals surface area contributed by atoms with Crippen LogP contribution in [0.25, 0.3) is 78.1 Å². The average molecular weight is 1090 g/mol. The minimum absolute atomic E-state index is 0.113. The van der Waals surface area contributed by atoms with Gasteiger partial charge >= 0.3 is 11.3 Å². The van der Waals surface area contributed by atoms with Gasteiger partial charge in [0.2, 0.25) is 0 Å². The van der Waals surface area contributed by atoms with E-state index in [1.807, 2.05) is 102 Å². The number of hydrogen-bond acceptors (Lipinski definition) is 7. The number of fused-ring (bicyclic) bond motifs is 2. The van der Waals surface area contributed by atoms with Crippen LogP contribution >= 0.6 is 34.8 Å². The van der Waals surface area contributed by atoms with Crippen LogP contribution in [0.4, 0.5) is 13.2 Å². The second-order valence-corrected chi connectivity index (χ2v) is 22.7. The van der Waals surface area contributed by atoms with Gasteiger partial charge in [-0.1, -0.05) is 182 Å². The highest BCUT2D eigenvalue weighted by molar-refractivity contribution is 6.34. The zero-order chi connectivity index (χ0) is 55.7. The first-order valence-electron chi connectivity index (χ1n) is 24.6. The first kappa shape index (κ1) is 55.7. The van der Waals surface area contributed by atoms with Crippen molar-refractivity contribution >= 4 is 57.0 Å². The van der Waals surface area contributed by atoms with E-state index in [4.69, 9.17) is 43.6 Å². The van der Waals surface area contributed by atoms with Crippen LogP contribution in [0, 0.1) is 17.5 Å². The summed E-state index contributed by atoms with van der Waals surface area (Å²) >= 11 is 18.7. The van der Waals surface area contributed by atoms with E-state index in [9.17, 15) is 27.9 Å². The number of hydrogen-bond donors (Lipinski definition) is 1. The lowest BCUT2D eigenvalue weighted by Crippen LogP contribution is -2.15. The smallest absolute Gasteiger partial charge is 0.363 e. The van der Waals surface area contributed by atoms with Crippen LogP contribution in [0.15, 0.2) is 176 Å². The maximum Gasteiger partial charge on any atom is 0.363 e. The Morgan fingerprint density at radius 2 is 0.844 bits per heavy atom. The Morgan fingerprint density at radius 3 is 1.29 bits per heavy atom. The van der Waals surface area contributed by atoms with E-state index in [0.29, 0.717) is 65.6 Å². The number of nitrogens with zero attached hydrogens (tertiary/aromatic N) is 2. The van der Waals surface area contributed by atoms with Crippen molar-refractivity contribution in [2.24, 2.45) is 0 Å². The summed E-state index contributed by atoms with van der Waals surface area (Å²) in [7, 11) is 0. The van der Waals surface area contributed by atoms with Crippen LogP contribution in [0.2, 0.25) is 15.1 Å². The molecular formula is C64H54Cl3F3N2O5. The quantitative estimate of drug-likeness (QED) is 0.183. The Bertz CT molecular complexity index is 3850. The summed E-state index contributed by atoms with van der Waals surface area (Å²) in [6.07, 6.45) is 0. The van der Waals surface area contributed by atoms with Gasteiger partial charge in [-0.25, -0.2) is 32.7 Å². The molecule has 1 N–H and O–H groups in total. The largest absolute Gasteiger partial charge is 0.508 e. The SMILES string of the molecule is CC(C)(C)c1cc(-c2c(F)cccc2Cl)c2oc(=O)c(-c3ccccc3)nc2c1.CC(C)(C)c1cc(-c2c(F)cccc2Cl)cc2nc(-c3ccccc3)c(=O)oc12.CC(C)(C)c1cc(O)cc(-c2c(F)cccc2Cl)c1. The monoisotopic (exact) mass is 1090 g/mol. The molecule has 2 heterocycles. The summed E-state index contributed by atoms with van der Waals surface area (Å²) in [4.78, 5) is 34.6. The van der Waals surface area contributed by atoms with Crippen molar-refractivity contribution in [1.82, 2.24) is 9.97 Å². The molecule has 0 aliphatic heterocycles. The van der Waals surface area contributed by atoms with Crippen LogP contribution in [-0.4, -0.2) is 15.1 Å². The molecular weight excluding hydrogens is 1040 g/mol. The number of halogens is 6. The van der Waals surface area contributed by atoms with Gasteiger partial charge in [0.15, 0.2) is 22.6 Å². The van der Waals surface area contributed by atoms with E-state index < -0.39 is 28.7 Å². The number of rotatable bonds is 5. The van der Waals surface area contributed by atoms with Crippen molar-refractivity contribution < 1.29 is 27.1 Å². The number of phenols is 1. The zero-order valence-electron chi connectivity index (χ0n) is 43.8. The van der Waals surface area contributed by atoms with Gasteiger partial charge in [0.1, 0.15) is 34.2 Å². The van der Waals surface area contributed by atoms with Crippen molar-refractivity contribution in [2.45, 2.75) is 78.6 Å². The van der Waals surface area contributed by atoms with Crippen LogP contribution in [0.3, 0.4) is 0 Å². The molecule has 0 saturated carbocycles. The molecule has 0 spiro atoms. The lowest BCUT2D eigenvalue weighted by molar-refractivity contribution is 0.471. The van der Waals surface area contributed by atoms with Crippen molar-refractivity contribution in [3.8, 4) is 61.6 Å². The van der Waals surface area contributed by atoms with Gasteiger partial charge in [-0.05, 0) is 111 Å². The predicted octanol–water partition coefficient (Wildman–Crippen LogP) is 18.4. The summed E-state index contributed by atoms with van der Waals surface area (Å²) in [6, 6.07) is 44.2. The highest BCUT2D eigenvalue weighted by Crippen LogP contribution is 2.41. The van der Waals surface area contributed by atoms with E-state index in [0.717, 1.165) is 16.7 Å². The molecule has 0 amide bonds.